The molecule has 2 atom stereocenters. The maximum Gasteiger partial charge on any atom is 0.0977 e. The van der Waals surface area contributed by atoms with E-state index in [-0.39, 0.29) is 11.3 Å². The second-order valence-corrected chi connectivity index (χ2v) is 20.1. The van der Waals surface area contributed by atoms with Crippen LogP contribution >= 0.6 is 0 Å². The molecule has 4 aliphatic carbocycles. The number of benzene rings is 6. The molecule has 1 nitrogen and oxygen atoms in total. The average molecular weight is 924 g/mol. The molecule has 0 fully saturated rings. The van der Waals surface area contributed by atoms with E-state index in [0.717, 1.165) is 79.4 Å². The van der Waals surface area contributed by atoms with Crippen LogP contribution in [0.15, 0.2) is 223 Å². The molecule has 8 aromatic rings. The Bertz CT molecular complexity index is 3600. The summed E-state index contributed by atoms with van der Waals surface area (Å²) in [7, 11) is 0. The van der Waals surface area contributed by atoms with Gasteiger partial charge in [0, 0.05) is 32.8 Å². The van der Waals surface area contributed by atoms with Gasteiger partial charge in [0.15, 0.2) is 0 Å². The zero-order chi connectivity index (χ0) is 48.7. The van der Waals surface area contributed by atoms with Gasteiger partial charge in [-0.2, -0.15) is 0 Å². The highest BCUT2D eigenvalue weighted by Crippen LogP contribution is 2.61. The minimum Gasteiger partial charge on any atom is -0.302 e. The number of hydrogen-bond acceptors (Lipinski definition) is 1. The van der Waals surface area contributed by atoms with E-state index in [4.69, 9.17) is 6.42 Å². The van der Waals surface area contributed by atoms with E-state index in [9.17, 15) is 0 Å². The van der Waals surface area contributed by atoms with Crippen LogP contribution in [0.4, 0.5) is 17.1 Å². The molecule has 346 valence electrons. The van der Waals surface area contributed by atoms with Gasteiger partial charge in [-0.25, -0.2) is 0 Å². The number of anilines is 3. The van der Waals surface area contributed by atoms with Gasteiger partial charge < -0.3 is 4.90 Å². The number of allylic oxidation sites excluding steroid dienone is 16. The lowest BCUT2D eigenvalue weighted by atomic mass is 9.60. The molecule has 72 heavy (non-hydrogen) atoms. The van der Waals surface area contributed by atoms with E-state index in [2.05, 4.69) is 237 Å². The Morgan fingerprint density at radius 3 is 2.06 bits per heavy atom. The first-order valence-corrected chi connectivity index (χ1v) is 26.0. The topological polar surface area (TPSA) is 3.24 Å². The van der Waals surface area contributed by atoms with Crippen LogP contribution in [0.25, 0.3) is 48.7 Å². The van der Waals surface area contributed by atoms with Crippen molar-refractivity contribution in [2.24, 2.45) is 5.92 Å². The number of nitrogens with zero attached hydrogens (tertiary/aromatic N) is 1. The second-order valence-electron chi connectivity index (χ2n) is 20.1. The fraction of sp³-hybridized carbons (Fsp3) is 0.183. The van der Waals surface area contributed by atoms with Crippen molar-refractivity contribution in [2.75, 3.05) is 4.90 Å². The molecule has 12 rings (SSSR count). The lowest BCUT2D eigenvalue weighted by Gasteiger charge is -2.43. The van der Waals surface area contributed by atoms with Gasteiger partial charge in [0.1, 0.15) is 0 Å². The van der Waals surface area contributed by atoms with Gasteiger partial charge in [-0.1, -0.05) is 188 Å². The number of hydrogen-bond donors (Lipinski definition) is 0. The third-order valence-electron chi connectivity index (χ3n) is 16.2. The van der Waals surface area contributed by atoms with Crippen molar-refractivity contribution in [3.8, 4) is 12.3 Å². The monoisotopic (exact) mass is 923 g/mol. The molecular weight excluding hydrogens is 867 g/mol. The van der Waals surface area contributed by atoms with Crippen LogP contribution in [0.5, 0.6) is 0 Å². The predicted molar refractivity (Wildman–Crippen MR) is 305 cm³/mol. The first-order valence-electron chi connectivity index (χ1n) is 26.0. The van der Waals surface area contributed by atoms with E-state index < -0.39 is 5.41 Å². The van der Waals surface area contributed by atoms with Gasteiger partial charge >= 0.3 is 0 Å². The number of fused-ring (bicyclic) bond motifs is 6. The van der Waals surface area contributed by atoms with Crippen LogP contribution in [0.2, 0.25) is 0 Å². The summed E-state index contributed by atoms with van der Waals surface area (Å²) < 4.78 is 0. The van der Waals surface area contributed by atoms with E-state index in [1.54, 1.807) is 0 Å². The van der Waals surface area contributed by atoms with Crippen LogP contribution in [-0.4, -0.2) is 0 Å². The van der Waals surface area contributed by atoms with E-state index >= 15 is 0 Å². The van der Waals surface area contributed by atoms with Crippen molar-refractivity contribution >= 4 is 65.7 Å². The fourth-order valence-corrected chi connectivity index (χ4v) is 13.0. The van der Waals surface area contributed by atoms with Gasteiger partial charge in [0.05, 0.1) is 16.8 Å². The predicted octanol–water partition coefficient (Wildman–Crippen LogP) is 18.4. The smallest absolute Gasteiger partial charge is 0.0977 e. The van der Waals surface area contributed by atoms with Crippen LogP contribution in [0.1, 0.15) is 81.9 Å². The summed E-state index contributed by atoms with van der Waals surface area (Å²) in [5.74, 6) is 3.02. The van der Waals surface area contributed by atoms with Crippen LogP contribution in [0.3, 0.4) is 0 Å². The summed E-state index contributed by atoms with van der Waals surface area (Å²) in [5, 5.41) is 9.71. The minimum absolute atomic E-state index is 0.230. The molecule has 0 aliphatic heterocycles. The molecule has 2 unspecified atom stereocenters. The van der Waals surface area contributed by atoms with Crippen LogP contribution < -0.4 is 4.90 Å². The van der Waals surface area contributed by atoms with Gasteiger partial charge in [-0.15, -0.1) is 6.42 Å². The fourth-order valence-electron chi connectivity index (χ4n) is 13.0. The Morgan fingerprint density at radius 2 is 1.40 bits per heavy atom. The largest absolute Gasteiger partial charge is 0.302 e. The Labute approximate surface area is 426 Å². The third kappa shape index (κ3) is 7.45. The molecular formula is C71H57N. The first kappa shape index (κ1) is 44.9. The zero-order valence-electron chi connectivity index (χ0n) is 41.3. The summed E-state index contributed by atoms with van der Waals surface area (Å²) in [4.78, 5) is 2.45. The number of para-hydroxylation sites is 1. The van der Waals surface area contributed by atoms with Crippen molar-refractivity contribution in [1.29, 1.82) is 0 Å². The Balaban J connectivity index is 1.06. The van der Waals surface area contributed by atoms with Crippen molar-refractivity contribution < 1.29 is 0 Å². The quantitative estimate of drug-likeness (QED) is 0.0670. The Kier molecular flexibility index (Phi) is 11.7. The molecule has 0 saturated carbocycles. The molecule has 0 spiro atoms. The van der Waals surface area contributed by atoms with E-state index in [1.165, 1.54) is 76.7 Å². The van der Waals surface area contributed by atoms with Gasteiger partial charge in [-0.3, -0.25) is 0 Å². The molecule has 4 aliphatic rings. The molecule has 0 heterocycles. The molecule has 1 heteroatoms. The van der Waals surface area contributed by atoms with Gasteiger partial charge in [0.2, 0.25) is 0 Å². The van der Waals surface area contributed by atoms with Crippen molar-refractivity contribution in [2.45, 2.75) is 76.0 Å². The SMILES string of the molecule is C#C/C=C\C(=C/C)CC(CC)(CC1C=CC2=C(C1)C(C1=CCCC=C1)(C1=CCCC=C1)c1cc(N(c3ccccc3)c3c4ccccc4cc4ccccc34)c#cc12)c1c2ccc#cc2cc2ccccc12. The third-order valence-corrected chi connectivity index (χ3v) is 16.2. The van der Waals surface area contributed by atoms with Crippen molar-refractivity contribution in [1.82, 2.24) is 0 Å². The van der Waals surface area contributed by atoms with Crippen molar-refractivity contribution in [3.63, 3.8) is 0 Å². The summed E-state index contributed by atoms with van der Waals surface area (Å²) in [6.45, 7) is 4.55. The summed E-state index contributed by atoms with van der Waals surface area (Å²) >= 11 is 0. The molecule has 0 aromatic heterocycles. The minimum atomic E-state index is -0.527. The lowest BCUT2D eigenvalue weighted by Crippen LogP contribution is -2.35. The zero-order valence-corrected chi connectivity index (χ0v) is 41.3. The summed E-state index contributed by atoms with van der Waals surface area (Å²) in [5.41, 5.74) is 13.0. The normalized spacial score (nSPS) is 17.8. The molecule has 0 radical (unpaired) electrons. The summed E-state index contributed by atoms with van der Waals surface area (Å²) in [6.07, 6.45) is 39.7. The summed E-state index contributed by atoms with van der Waals surface area (Å²) in [6, 6.07) is 63.5. The first-order chi connectivity index (χ1) is 35.5. The maximum atomic E-state index is 5.89. The highest BCUT2D eigenvalue weighted by molar-refractivity contribution is 6.14. The average Bonchev–Trinajstić information content (AvgIpc) is 3.73. The standard InChI is InChI=1S/C71H57N/c1-4-7-25-50(5-2)48-70(6-3,68-60-36-21-17-26-52(60)45-53-27-18-22-37-61(53)68)49-51-40-42-64-65-43-41-59(47-67(65)71(66(64)44-51,56-30-11-8-12-31-56)57-32-13-9-14-33-57)72(58-34-15-10-16-35-58)69-62-38-23-19-28-54(62)46-55-29-20-24-39-63(55)69/h1,5,7,10-11,13,15-17,19-26,28-40,42,45-47,51H,6,8-9,12,14,44,48-49H2,2-3H3/b25-7-,50-5+. The van der Waals surface area contributed by atoms with Crippen LogP contribution in [-0.2, 0) is 10.8 Å². The Morgan fingerprint density at radius 1 is 0.736 bits per heavy atom. The second kappa shape index (κ2) is 18.8. The van der Waals surface area contributed by atoms with Gasteiger partial charge in [0.25, 0.3) is 0 Å². The number of rotatable bonds is 12. The maximum absolute atomic E-state index is 5.89. The van der Waals surface area contributed by atoms with Gasteiger partial charge in [-0.05, 0) is 179 Å². The van der Waals surface area contributed by atoms with Crippen LogP contribution in [0, 0.1) is 42.5 Å². The molecule has 0 saturated heterocycles. The molecule has 0 N–H and O–H groups in total. The van der Waals surface area contributed by atoms with E-state index in [1.807, 2.05) is 12.1 Å². The highest BCUT2D eigenvalue weighted by Gasteiger charge is 2.51. The number of terminal acetylenes is 1. The molecule has 0 bridgehead atoms. The highest BCUT2D eigenvalue weighted by atomic mass is 15.1. The Hall–Kier alpha value is -8.28. The lowest BCUT2D eigenvalue weighted by molar-refractivity contribution is 0.330. The molecule has 8 aromatic carbocycles. The van der Waals surface area contributed by atoms with Crippen molar-refractivity contribution in [3.05, 3.63) is 264 Å². The molecule has 0 amide bonds. The van der Waals surface area contributed by atoms with E-state index in [0.29, 0.717) is 0 Å².